The number of halogens is 1. The summed E-state index contributed by atoms with van der Waals surface area (Å²) < 4.78 is 32.2. The number of nitrogens with one attached hydrogen (secondary N) is 1. The van der Waals surface area contributed by atoms with Crippen LogP contribution in [-0.4, -0.2) is 18.3 Å². The third-order valence-corrected chi connectivity index (χ3v) is 5.96. The molecule has 3 aromatic carbocycles. The highest BCUT2D eigenvalue weighted by molar-refractivity contribution is 5.54. The Morgan fingerprint density at radius 3 is 2.33 bits per heavy atom. The molecule has 0 bridgehead atoms. The molecule has 1 aliphatic rings. The van der Waals surface area contributed by atoms with Crippen molar-refractivity contribution >= 4 is 5.69 Å². The van der Waals surface area contributed by atoms with Gasteiger partial charge in [0.15, 0.2) is 0 Å². The number of ether oxygens (including phenoxy) is 3. The Morgan fingerprint density at radius 1 is 0.939 bits per heavy atom. The number of hydrogen-bond donors (Lipinski definition) is 1. The molecular formula is C28H32FNO3. The van der Waals surface area contributed by atoms with Crippen molar-refractivity contribution in [2.45, 2.75) is 58.7 Å². The van der Waals surface area contributed by atoms with E-state index in [4.69, 9.17) is 14.2 Å². The lowest BCUT2D eigenvalue weighted by molar-refractivity contribution is -0.165. The molecule has 0 fully saturated rings. The number of rotatable bonds is 8. The second kappa shape index (κ2) is 9.94. The molecule has 2 atom stereocenters. The van der Waals surface area contributed by atoms with Crippen molar-refractivity contribution in [1.29, 1.82) is 0 Å². The molecule has 5 heteroatoms. The minimum absolute atomic E-state index is 0.258. The molecule has 0 amide bonds. The van der Waals surface area contributed by atoms with Crippen LogP contribution < -0.4 is 10.1 Å². The third kappa shape index (κ3) is 5.55. The van der Waals surface area contributed by atoms with Crippen molar-refractivity contribution < 1.29 is 18.6 Å². The summed E-state index contributed by atoms with van der Waals surface area (Å²) in [5.74, 6) is 0.549. The van der Waals surface area contributed by atoms with Crippen molar-refractivity contribution in [3.8, 4) is 5.75 Å². The van der Waals surface area contributed by atoms with Crippen LogP contribution in [0.1, 0.15) is 49.1 Å². The molecule has 174 valence electrons. The van der Waals surface area contributed by atoms with Gasteiger partial charge in [-0.2, -0.15) is 0 Å². The third-order valence-electron chi connectivity index (χ3n) is 5.96. The van der Waals surface area contributed by atoms with Gasteiger partial charge in [-0.3, -0.25) is 0 Å². The first-order valence-corrected chi connectivity index (χ1v) is 11.5. The number of fused-ring (bicyclic) bond motifs is 1. The van der Waals surface area contributed by atoms with Gasteiger partial charge in [-0.25, -0.2) is 4.39 Å². The van der Waals surface area contributed by atoms with Gasteiger partial charge in [-0.1, -0.05) is 42.0 Å². The van der Waals surface area contributed by atoms with Crippen LogP contribution in [0.4, 0.5) is 10.1 Å². The molecule has 1 heterocycles. The predicted molar refractivity (Wildman–Crippen MR) is 129 cm³/mol. The van der Waals surface area contributed by atoms with E-state index in [2.05, 4.69) is 42.6 Å². The van der Waals surface area contributed by atoms with Crippen molar-refractivity contribution in [3.63, 3.8) is 0 Å². The largest absolute Gasteiger partial charge is 0.485 e. The summed E-state index contributed by atoms with van der Waals surface area (Å²) in [5.41, 5.74) is 4.75. The Bertz CT molecular complexity index is 1060. The quantitative estimate of drug-likeness (QED) is 0.422. The van der Waals surface area contributed by atoms with E-state index in [1.54, 1.807) is 12.1 Å². The Kier molecular flexibility index (Phi) is 7.01. The van der Waals surface area contributed by atoms with E-state index in [0.717, 1.165) is 29.1 Å². The van der Waals surface area contributed by atoms with Crippen LogP contribution in [0.2, 0.25) is 0 Å². The maximum Gasteiger partial charge on any atom is 0.132 e. The molecule has 4 rings (SSSR count). The van der Waals surface area contributed by atoms with E-state index in [-0.39, 0.29) is 18.0 Å². The highest BCUT2D eigenvalue weighted by Crippen LogP contribution is 2.44. The van der Waals surface area contributed by atoms with Gasteiger partial charge in [-0.15, -0.1) is 0 Å². The zero-order valence-electron chi connectivity index (χ0n) is 19.7. The molecule has 1 aliphatic heterocycles. The van der Waals surface area contributed by atoms with E-state index in [9.17, 15) is 4.39 Å². The van der Waals surface area contributed by atoms with Gasteiger partial charge in [0.2, 0.25) is 0 Å². The fourth-order valence-electron chi connectivity index (χ4n) is 4.16. The number of aryl methyl sites for hydroxylation is 1. The molecule has 0 saturated heterocycles. The van der Waals surface area contributed by atoms with E-state index in [1.807, 2.05) is 32.9 Å². The summed E-state index contributed by atoms with van der Waals surface area (Å²) in [6.07, 6.45) is -0.613. The van der Waals surface area contributed by atoms with Gasteiger partial charge in [-0.05, 0) is 69.2 Å². The maximum absolute atomic E-state index is 13.3. The Labute approximate surface area is 195 Å². The van der Waals surface area contributed by atoms with Gasteiger partial charge in [0.1, 0.15) is 29.4 Å². The van der Waals surface area contributed by atoms with Gasteiger partial charge in [0, 0.05) is 24.4 Å². The fraction of sp³-hybridized carbons (Fsp3) is 0.357. The van der Waals surface area contributed by atoms with E-state index >= 15 is 0 Å². The normalized spacial score (nSPS) is 18.9. The standard InChI is InChI=1S/C28H32FNO3/c1-5-31-26-24-16-23(30-17-20-8-6-19(2)7-9-20)14-15-25(24)33-28(3,4)27(26)32-18-21-10-12-22(29)13-11-21/h6-16,26-27,30H,5,17-18H2,1-4H3. The molecular weight excluding hydrogens is 417 g/mol. The molecule has 0 radical (unpaired) electrons. The molecule has 3 aromatic rings. The topological polar surface area (TPSA) is 39.7 Å². The van der Waals surface area contributed by atoms with Crippen LogP contribution in [0.15, 0.2) is 66.7 Å². The van der Waals surface area contributed by atoms with Crippen LogP contribution in [-0.2, 0) is 22.6 Å². The van der Waals surface area contributed by atoms with Crippen LogP contribution in [0.3, 0.4) is 0 Å². The summed E-state index contributed by atoms with van der Waals surface area (Å²) in [6, 6.07) is 21.0. The molecule has 33 heavy (non-hydrogen) atoms. The maximum atomic E-state index is 13.3. The van der Waals surface area contributed by atoms with E-state index in [1.165, 1.54) is 23.3 Å². The Morgan fingerprint density at radius 2 is 1.64 bits per heavy atom. The summed E-state index contributed by atoms with van der Waals surface area (Å²) in [7, 11) is 0. The van der Waals surface area contributed by atoms with E-state index < -0.39 is 5.60 Å². The van der Waals surface area contributed by atoms with Crippen molar-refractivity contribution in [3.05, 3.63) is 94.8 Å². The molecule has 0 saturated carbocycles. The predicted octanol–water partition coefficient (Wildman–Crippen LogP) is 6.58. The van der Waals surface area contributed by atoms with Crippen LogP contribution >= 0.6 is 0 Å². The number of hydrogen-bond acceptors (Lipinski definition) is 4. The highest BCUT2D eigenvalue weighted by atomic mass is 19.1. The van der Waals surface area contributed by atoms with Gasteiger partial charge in [0.05, 0.1) is 6.61 Å². The zero-order chi connectivity index (χ0) is 23.4. The van der Waals surface area contributed by atoms with Crippen LogP contribution in [0, 0.1) is 12.7 Å². The van der Waals surface area contributed by atoms with Gasteiger partial charge in [0.25, 0.3) is 0 Å². The smallest absolute Gasteiger partial charge is 0.132 e. The zero-order valence-corrected chi connectivity index (χ0v) is 19.7. The van der Waals surface area contributed by atoms with Crippen LogP contribution in [0.25, 0.3) is 0 Å². The average Bonchev–Trinajstić information content (AvgIpc) is 2.79. The Hall–Kier alpha value is -2.89. The second-order valence-electron chi connectivity index (χ2n) is 9.03. The van der Waals surface area contributed by atoms with Crippen molar-refractivity contribution in [2.75, 3.05) is 11.9 Å². The molecule has 4 nitrogen and oxygen atoms in total. The first kappa shape index (κ1) is 23.3. The summed E-state index contributed by atoms with van der Waals surface area (Å²) in [5, 5.41) is 3.50. The highest BCUT2D eigenvalue weighted by Gasteiger charge is 2.45. The molecule has 0 spiro atoms. The molecule has 0 aliphatic carbocycles. The average molecular weight is 450 g/mol. The molecule has 0 aromatic heterocycles. The number of benzene rings is 3. The number of anilines is 1. The van der Waals surface area contributed by atoms with Crippen molar-refractivity contribution in [2.24, 2.45) is 0 Å². The minimum Gasteiger partial charge on any atom is -0.485 e. The second-order valence-corrected chi connectivity index (χ2v) is 9.03. The van der Waals surface area contributed by atoms with Gasteiger partial charge < -0.3 is 19.5 Å². The molecule has 2 unspecified atom stereocenters. The summed E-state index contributed by atoms with van der Waals surface area (Å²) in [6.45, 7) is 9.74. The minimum atomic E-state index is -0.594. The van der Waals surface area contributed by atoms with Crippen LogP contribution in [0.5, 0.6) is 5.75 Å². The first-order valence-electron chi connectivity index (χ1n) is 11.5. The lowest BCUT2D eigenvalue weighted by Gasteiger charge is -2.44. The SMILES string of the molecule is CCOC1c2cc(NCc3ccc(C)cc3)ccc2OC(C)(C)C1OCc1ccc(F)cc1. The fourth-order valence-corrected chi connectivity index (χ4v) is 4.16. The Balaban J connectivity index is 1.55. The van der Waals surface area contributed by atoms with E-state index in [0.29, 0.717) is 13.2 Å². The summed E-state index contributed by atoms with van der Waals surface area (Å²) in [4.78, 5) is 0. The van der Waals surface area contributed by atoms with Crippen molar-refractivity contribution in [1.82, 2.24) is 0 Å². The lowest BCUT2D eigenvalue weighted by atomic mass is 9.87. The lowest BCUT2D eigenvalue weighted by Crippen LogP contribution is -2.51. The summed E-state index contributed by atoms with van der Waals surface area (Å²) >= 11 is 0. The van der Waals surface area contributed by atoms with Gasteiger partial charge >= 0.3 is 0 Å². The monoisotopic (exact) mass is 449 g/mol. The molecule has 1 N–H and O–H groups in total. The first-order chi connectivity index (χ1) is 15.9.